The lowest BCUT2D eigenvalue weighted by Crippen LogP contribution is -2.47. The molecular formula is C8H14ClN2O4P. The maximum absolute atomic E-state index is 11.7. The van der Waals surface area contributed by atoms with Crippen LogP contribution in [0.4, 0.5) is 0 Å². The third-order valence-electron chi connectivity index (χ3n) is 2.04. The summed E-state index contributed by atoms with van der Waals surface area (Å²) in [5, 5.41) is 0. The van der Waals surface area contributed by atoms with Gasteiger partial charge in [0, 0.05) is 28.2 Å². The van der Waals surface area contributed by atoms with Crippen molar-refractivity contribution in [2.24, 2.45) is 0 Å². The molecule has 0 spiro atoms. The SMILES string of the molecule is CN(C)C(=O)C1OP(Cl)O[C@H]1C(=O)N(C)C. The zero-order valence-electron chi connectivity index (χ0n) is 9.51. The Morgan fingerprint density at radius 3 is 1.56 bits per heavy atom. The second kappa shape index (κ2) is 5.27. The second-order valence-electron chi connectivity index (χ2n) is 3.73. The molecule has 16 heavy (non-hydrogen) atoms. The predicted molar refractivity (Wildman–Crippen MR) is 59.9 cm³/mol. The summed E-state index contributed by atoms with van der Waals surface area (Å²) < 4.78 is 10.3. The lowest BCUT2D eigenvalue weighted by Gasteiger charge is -2.21. The van der Waals surface area contributed by atoms with Crippen LogP contribution in [0.3, 0.4) is 0 Å². The van der Waals surface area contributed by atoms with Crippen LogP contribution in [0, 0.1) is 0 Å². The molecule has 1 aliphatic heterocycles. The summed E-state index contributed by atoms with van der Waals surface area (Å²) >= 11 is 5.68. The minimum absolute atomic E-state index is 0.328. The van der Waals surface area contributed by atoms with Gasteiger partial charge in [0.05, 0.1) is 0 Å². The van der Waals surface area contributed by atoms with Crippen molar-refractivity contribution in [3.8, 4) is 0 Å². The number of nitrogens with zero attached hydrogens (tertiary/aromatic N) is 2. The van der Waals surface area contributed by atoms with Gasteiger partial charge in [-0.1, -0.05) is 0 Å². The lowest BCUT2D eigenvalue weighted by molar-refractivity contribution is -0.146. The highest BCUT2D eigenvalue weighted by molar-refractivity contribution is 7.76. The number of halogens is 1. The van der Waals surface area contributed by atoms with Crippen molar-refractivity contribution in [2.75, 3.05) is 28.2 Å². The predicted octanol–water partition coefficient (Wildman–Crippen LogP) is 0.412. The fourth-order valence-corrected chi connectivity index (χ4v) is 2.50. The molecule has 3 atom stereocenters. The van der Waals surface area contributed by atoms with Gasteiger partial charge >= 0.3 is 0 Å². The van der Waals surface area contributed by atoms with Crippen LogP contribution in [0.25, 0.3) is 0 Å². The molecule has 0 aromatic rings. The van der Waals surface area contributed by atoms with E-state index in [9.17, 15) is 9.59 Å². The standard InChI is InChI=1S/C8H14ClN2O4P/c1-10(2)7(12)5-6(8(13)11(3)4)15-16(9)14-5/h5-6H,1-4H3/t5-,6?,16?/m1/s1. The van der Waals surface area contributed by atoms with E-state index >= 15 is 0 Å². The van der Waals surface area contributed by atoms with Crippen LogP contribution in [-0.2, 0) is 18.6 Å². The smallest absolute Gasteiger partial charge is 0.278 e. The quantitative estimate of drug-likeness (QED) is 0.681. The molecular weight excluding hydrogens is 255 g/mol. The molecule has 2 unspecified atom stereocenters. The zero-order valence-corrected chi connectivity index (χ0v) is 11.2. The van der Waals surface area contributed by atoms with Gasteiger partial charge in [0.2, 0.25) is 0 Å². The van der Waals surface area contributed by atoms with Gasteiger partial charge < -0.3 is 18.8 Å². The Kier molecular flexibility index (Phi) is 4.50. The summed E-state index contributed by atoms with van der Waals surface area (Å²) in [6.45, 7) is 0. The third kappa shape index (κ3) is 2.83. The van der Waals surface area contributed by atoms with E-state index in [1.165, 1.54) is 9.80 Å². The summed E-state index contributed by atoms with van der Waals surface area (Å²) in [5.41, 5.74) is 0. The first-order chi connectivity index (χ1) is 7.34. The largest absolute Gasteiger partial charge is 0.346 e. The summed E-state index contributed by atoms with van der Waals surface area (Å²) in [6.07, 6.45) is -1.90. The minimum atomic E-state index is -1.68. The molecule has 1 fully saturated rings. The fourth-order valence-electron chi connectivity index (χ4n) is 1.17. The topological polar surface area (TPSA) is 59.1 Å². The molecule has 92 valence electrons. The van der Waals surface area contributed by atoms with Gasteiger partial charge in [0.25, 0.3) is 19.5 Å². The van der Waals surface area contributed by atoms with Crippen molar-refractivity contribution in [1.29, 1.82) is 0 Å². The van der Waals surface area contributed by atoms with Crippen LogP contribution >= 0.6 is 19.0 Å². The van der Waals surface area contributed by atoms with Crippen LogP contribution in [0.15, 0.2) is 0 Å². The summed E-state index contributed by atoms with van der Waals surface area (Å²) in [7, 11) is 4.64. The van der Waals surface area contributed by atoms with E-state index in [-0.39, 0.29) is 11.8 Å². The molecule has 0 aromatic heterocycles. The first kappa shape index (κ1) is 13.6. The molecule has 0 bridgehead atoms. The van der Waals surface area contributed by atoms with E-state index in [0.717, 1.165) is 0 Å². The molecule has 6 nitrogen and oxygen atoms in total. The normalized spacial score (nSPS) is 28.9. The first-order valence-corrected chi connectivity index (χ1v) is 6.64. The summed E-state index contributed by atoms with van der Waals surface area (Å²) in [6, 6.07) is 0. The molecule has 0 aromatic carbocycles. The van der Waals surface area contributed by atoms with Crippen molar-refractivity contribution in [3.05, 3.63) is 0 Å². The van der Waals surface area contributed by atoms with Crippen LogP contribution in [-0.4, -0.2) is 62.0 Å². The molecule has 0 saturated carbocycles. The van der Waals surface area contributed by atoms with Crippen molar-refractivity contribution in [1.82, 2.24) is 9.80 Å². The number of carbonyl (C=O) groups excluding carboxylic acids is 2. The van der Waals surface area contributed by atoms with Gasteiger partial charge in [0.1, 0.15) is 0 Å². The fraction of sp³-hybridized carbons (Fsp3) is 0.750. The Hall–Kier alpha value is -0.420. The van der Waals surface area contributed by atoms with Crippen molar-refractivity contribution >= 4 is 30.8 Å². The molecule has 8 heteroatoms. The average molecular weight is 269 g/mol. The number of amides is 2. The van der Waals surface area contributed by atoms with E-state index in [4.69, 9.17) is 20.3 Å². The Bertz CT molecular complexity index is 272. The Balaban J connectivity index is 2.82. The molecule has 1 rings (SSSR count). The lowest BCUT2D eigenvalue weighted by atomic mass is 10.1. The van der Waals surface area contributed by atoms with Crippen LogP contribution in [0.5, 0.6) is 0 Å². The highest BCUT2D eigenvalue weighted by Gasteiger charge is 2.46. The zero-order chi connectivity index (χ0) is 12.5. The minimum Gasteiger partial charge on any atom is -0.346 e. The van der Waals surface area contributed by atoms with Crippen molar-refractivity contribution in [3.63, 3.8) is 0 Å². The molecule has 1 aliphatic rings. The first-order valence-electron chi connectivity index (χ1n) is 4.56. The van der Waals surface area contributed by atoms with Crippen LogP contribution in [0.2, 0.25) is 0 Å². The number of carbonyl (C=O) groups is 2. The Morgan fingerprint density at radius 1 is 1.00 bits per heavy atom. The maximum Gasteiger partial charge on any atom is 0.278 e. The number of rotatable bonds is 2. The Morgan fingerprint density at radius 2 is 1.31 bits per heavy atom. The van der Waals surface area contributed by atoms with Gasteiger partial charge in [-0.25, -0.2) is 0 Å². The van der Waals surface area contributed by atoms with Gasteiger partial charge in [-0.05, 0) is 11.2 Å². The highest BCUT2D eigenvalue weighted by atomic mass is 35.7. The van der Waals surface area contributed by atoms with E-state index in [2.05, 4.69) is 0 Å². The Labute approximate surface area is 100 Å². The molecule has 0 N–H and O–H groups in total. The van der Waals surface area contributed by atoms with Crippen LogP contribution < -0.4 is 0 Å². The van der Waals surface area contributed by atoms with E-state index in [0.29, 0.717) is 0 Å². The summed E-state index contributed by atoms with van der Waals surface area (Å²) in [4.78, 5) is 26.1. The highest BCUT2D eigenvalue weighted by Crippen LogP contribution is 2.53. The second-order valence-corrected chi connectivity index (χ2v) is 5.40. The maximum atomic E-state index is 11.7. The molecule has 0 aliphatic carbocycles. The van der Waals surface area contributed by atoms with Gasteiger partial charge in [-0.2, -0.15) is 0 Å². The molecule has 0 radical (unpaired) electrons. The van der Waals surface area contributed by atoms with E-state index < -0.39 is 19.9 Å². The van der Waals surface area contributed by atoms with E-state index in [1.807, 2.05) is 0 Å². The number of likely N-dealkylation sites (N-methyl/N-ethyl adjacent to an activating group) is 2. The van der Waals surface area contributed by atoms with E-state index in [1.54, 1.807) is 28.2 Å². The van der Waals surface area contributed by atoms with Gasteiger partial charge in [-0.3, -0.25) is 9.59 Å². The number of hydrogen-bond donors (Lipinski definition) is 0. The molecule has 1 saturated heterocycles. The number of hydrogen-bond acceptors (Lipinski definition) is 4. The van der Waals surface area contributed by atoms with Crippen molar-refractivity contribution < 1.29 is 18.6 Å². The molecule has 2 amide bonds. The van der Waals surface area contributed by atoms with Crippen molar-refractivity contribution in [2.45, 2.75) is 12.2 Å². The van der Waals surface area contributed by atoms with Gasteiger partial charge in [0.15, 0.2) is 12.2 Å². The monoisotopic (exact) mass is 268 g/mol. The average Bonchev–Trinajstić information content (AvgIpc) is 2.57. The summed E-state index contributed by atoms with van der Waals surface area (Å²) in [5.74, 6) is -0.656. The van der Waals surface area contributed by atoms with Gasteiger partial charge in [-0.15, -0.1) is 0 Å². The third-order valence-corrected chi connectivity index (χ3v) is 3.30. The molecule has 1 heterocycles. The van der Waals surface area contributed by atoms with Crippen LogP contribution in [0.1, 0.15) is 0 Å².